The van der Waals surface area contributed by atoms with Crippen LogP contribution in [0.15, 0.2) is 0 Å². The van der Waals surface area contributed by atoms with Crippen molar-refractivity contribution in [3.63, 3.8) is 0 Å². The summed E-state index contributed by atoms with van der Waals surface area (Å²) in [6, 6.07) is -0.756. The van der Waals surface area contributed by atoms with Gasteiger partial charge in [0, 0.05) is 0 Å². The predicted octanol–water partition coefficient (Wildman–Crippen LogP) is -0.179. The maximum Gasteiger partial charge on any atom is 0.313 e. The molecule has 2 atom stereocenters. The topological polar surface area (TPSA) is 102 Å². The molecule has 1 aliphatic rings. The highest BCUT2D eigenvalue weighted by Crippen LogP contribution is 2.29. The molecule has 1 fully saturated rings. The summed E-state index contributed by atoms with van der Waals surface area (Å²) in [5.74, 6) is -1.27. The molecule has 1 rings (SSSR count). The number of nitrogens with one attached hydrogen (secondary N) is 1. The Morgan fingerprint density at radius 1 is 1.58 bits per heavy atom. The summed E-state index contributed by atoms with van der Waals surface area (Å²) >= 11 is 0. The zero-order valence-corrected chi connectivity index (χ0v) is 12.2. The van der Waals surface area contributed by atoms with E-state index >= 15 is 0 Å². The molecule has 0 aliphatic carbocycles. The highest BCUT2D eigenvalue weighted by molar-refractivity contribution is 7.89. The molecule has 0 aromatic carbocycles. The molecule has 2 N–H and O–H groups in total. The zero-order chi connectivity index (χ0) is 14.7. The summed E-state index contributed by atoms with van der Waals surface area (Å²) in [5.41, 5.74) is -1.23. The van der Waals surface area contributed by atoms with E-state index in [1.165, 1.54) is 6.92 Å². The molecular weight excluding hydrogens is 274 g/mol. The van der Waals surface area contributed by atoms with Crippen molar-refractivity contribution in [2.24, 2.45) is 5.41 Å². The van der Waals surface area contributed by atoms with Crippen LogP contribution in [0.25, 0.3) is 0 Å². The summed E-state index contributed by atoms with van der Waals surface area (Å²) < 4.78 is 36.3. The Labute approximate surface area is 113 Å². The number of carboxylic acid groups (broad SMARTS) is 1. The molecule has 0 radical (unpaired) electrons. The lowest BCUT2D eigenvalue weighted by Crippen LogP contribution is -2.50. The van der Waals surface area contributed by atoms with Crippen LogP contribution >= 0.6 is 0 Å². The van der Waals surface area contributed by atoms with Gasteiger partial charge in [-0.2, -0.15) is 0 Å². The summed E-state index contributed by atoms with van der Waals surface area (Å²) in [5, 5.41) is 9.15. The lowest BCUT2D eigenvalue weighted by molar-refractivity contribution is -0.148. The Hall–Kier alpha value is -0.700. The minimum absolute atomic E-state index is 0.00197. The van der Waals surface area contributed by atoms with Crippen molar-refractivity contribution >= 4 is 16.0 Å². The van der Waals surface area contributed by atoms with Gasteiger partial charge in [0.05, 0.1) is 37.7 Å². The third kappa shape index (κ3) is 4.41. The van der Waals surface area contributed by atoms with Crippen LogP contribution in [-0.2, 0) is 24.3 Å². The van der Waals surface area contributed by atoms with Gasteiger partial charge in [0.1, 0.15) is 5.41 Å². The fourth-order valence-electron chi connectivity index (χ4n) is 1.72. The monoisotopic (exact) mass is 295 g/mol. The van der Waals surface area contributed by atoms with Crippen LogP contribution in [0.3, 0.4) is 0 Å². The van der Waals surface area contributed by atoms with E-state index in [4.69, 9.17) is 14.6 Å². The number of sulfonamides is 1. The fraction of sp³-hybridized carbons (Fsp3) is 0.909. The largest absolute Gasteiger partial charge is 0.481 e. The van der Waals surface area contributed by atoms with Gasteiger partial charge in [-0.15, -0.1) is 0 Å². The molecule has 1 aliphatic heterocycles. The molecule has 1 heterocycles. The summed E-state index contributed by atoms with van der Waals surface area (Å²) in [6.45, 7) is 5.23. The van der Waals surface area contributed by atoms with E-state index in [9.17, 15) is 13.2 Å². The molecule has 0 amide bonds. The van der Waals surface area contributed by atoms with Crippen molar-refractivity contribution < 1.29 is 27.8 Å². The standard InChI is InChI=1S/C11H21NO6S/c1-8(2)18-4-5-19(15,16)12-9-6-17-7-11(9,3)10(13)14/h8-9,12H,4-7H2,1-3H3,(H,13,14). The summed E-state index contributed by atoms with van der Waals surface area (Å²) in [7, 11) is -3.58. The molecule has 8 heteroatoms. The lowest BCUT2D eigenvalue weighted by atomic mass is 9.86. The SMILES string of the molecule is CC(C)OCCS(=O)(=O)NC1COCC1(C)C(=O)O. The number of aliphatic carboxylic acids is 1. The smallest absolute Gasteiger partial charge is 0.313 e. The van der Waals surface area contributed by atoms with Gasteiger partial charge in [-0.05, 0) is 20.8 Å². The van der Waals surface area contributed by atoms with Gasteiger partial charge in [0.25, 0.3) is 0 Å². The molecule has 0 aromatic heterocycles. The van der Waals surface area contributed by atoms with E-state index in [2.05, 4.69) is 4.72 Å². The average Bonchev–Trinajstić information content (AvgIpc) is 2.60. The number of carboxylic acids is 1. The Kier molecular flexibility index (Phi) is 5.31. The number of rotatable bonds is 7. The fourth-order valence-corrected chi connectivity index (χ4v) is 2.91. The van der Waals surface area contributed by atoms with Gasteiger partial charge in [-0.3, -0.25) is 4.79 Å². The van der Waals surface area contributed by atoms with Crippen molar-refractivity contribution in [1.82, 2.24) is 4.72 Å². The molecule has 0 bridgehead atoms. The van der Waals surface area contributed by atoms with Gasteiger partial charge < -0.3 is 14.6 Å². The molecule has 0 spiro atoms. The van der Waals surface area contributed by atoms with Crippen LogP contribution < -0.4 is 4.72 Å². The van der Waals surface area contributed by atoms with Crippen LogP contribution in [0.5, 0.6) is 0 Å². The highest BCUT2D eigenvalue weighted by atomic mass is 32.2. The average molecular weight is 295 g/mol. The second-order valence-electron chi connectivity index (χ2n) is 5.15. The molecular formula is C11H21NO6S. The maximum atomic E-state index is 11.8. The molecule has 2 unspecified atom stereocenters. The minimum Gasteiger partial charge on any atom is -0.481 e. The van der Waals surface area contributed by atoms with Crippen molar-refractivity contribution in [2.75, 3.05) is 25.6 Å². The van der Waals surface area contributed by atoms with Crippen LogP contribution in [0.1, 0.15) is 20.8 Å². The summed E-state index contributed by atoms with van der Waals surface area (Å²) in [6.07, 6.45) is -0.0469. The van der Waals surface area contributed by atoms with E-state index in [0.717, 1.165) is 0 Å². The number of hydrogen-bond donors (Lipinski definition) is 2. The van der Waals surface area contributed by atoms with E-state index in [1.54, 1.807) is 0 Å². The second-order valence-corrected chi connectivity index (χ2v) is 7.02. The Bertz CT molecular complexity index is 421. The number of carbonyl (C=O) groups is 1. The highest BCUT2D eigenvalue weighted by Gasteiger charge is 2.48. The first-order valence-corrected chi connectivity index (χ1v) is 7.75. The van der Waals surface area contributed by atoms with Gasteiger partial charge >= 0.3 is 5.97 Å². The first-order valence-electron chi connectivity index (χ1n) is 6.10. The molecule has 7 nitrogen and oxygen atoms in total. The van der Waals surface area contributed by atoms with Crippen LogP contribution in [0.4, 0.5) is 0 Å². The van der Waals surface area contributed by atoms with E-state index in [1.807, 2.05) is 13.8 Å². The first kappa shape index (κ1) is 16.4. The Morgan fingerprint density at radius 2 is 2.21 bits per heavy atom. The van der Waals surface area contributed by atoms with Gasteiger partial charge in [0.15, 0.2) is 0 Å². The van der Waals surface area contributed by atoms with Gasteiger partial charge in [-0.25, -0.2) is 13.1 Å². The molecule has 0 saturated carbocycles. The number of hydrogen-bond acceptors (Lipinski definition) is 5. The van der Waals surface area contributed by atoms with E-state index in [0.29, 0.717) is 0 Å². The normalized spacial score (nSPS) is 27.9. The van der Waals surface area contributed by atoms with Crippen LogP contribution in [0, 0.1) is 5.41 Å². The Balaban J connectivity index is 2.60. The first-order chi connectivity index (χ1) is 8.67. The van der Waals surface area contributed by atoms with Crippen molar-refractivity contribution in [3.05, 3.63) is 0 Å². The van der Waals surface area contributed by atoms with Crippen molar-refractivity contribution in [1.29, 1.82) is 0 Å². The lowest BCUT2D eigenvalue weighted by Gasteiger charge is -2.25. The minimum atomic E-state index is -3.58. The van der Waals surface area contributed by atoms with Crippen molar-refractivity contribution in [3.8, 4) is 0 Å². The van der Waals surface area contributed by atoms with E-state index in [-0.39, 0.29) is 31.7 Å². The van der Waals surface area contributed by atoms with Crippen LogP contribution in [-0.4, -0.2) is 57.2 Å². The van der Waals surface area contributed by atoms with Crippen molar-refractivity contribution in [2.45, 2.75) is 32.9 Å². The van der Waals surface area contributed by atoms with Crippen LogP contribution in [0.2, 0.25) is 0 Å². The zero-order valence-electron chi connectivity index (χ0n) is 11.4. The molecule has 0 aromatic rings. The quantitative estimate of drug-likeness (QED) is 0.675. The molecule has 1 saturated heterocycles. The maximum absolute atomic E-state index is 11.8. The van der Waals surface area contributed by atoms with E-state index < -0.39 is 27.4 Å². The third-order valence-corrected chi connectivity index (χ3v) is 4.42. The van der Waals surface area contributed by atoms with Gasteiger partial charge in [-0.1, -0.05) is 0 Å². The third-order valence-electron chi connectivity index (χ3n) is 3.07. The molecule has 112 valence electrons. The Morgan fingerprint density at radius 3 is 2.74 bits per heavy atom. The predicted molar refractivity (Wildman–Crippen MR) is 68.4 cm³/mol. The molecule has 19 heavy (non-hydrogen) atoms. The van der Waals surface area contributed by atoms with Gasteiger partial charge in [0.2, 0.25) is 10.0 Å². The summed E-state index contributed by atoms with van der Waals surface area (Å²) in [4.78, 5) is 11.2. The second kappa shape index (κ2) is 6.17. The number of ether oxygens (including phenoxy) is 2.